The van der Waals surface area contributed by atoms with Crippen molar-refractivity contribution in [3.63, 3.8) is 0 Å². The lowest BCUT2D eigenvalue weighted by atomic mass is 10.1. The highest BCUT2D eigenvalue weighted by atomic mass is 19.1. The lowest BCUT2D eigenvalue weighted by molar-refractivity contribution is 0.102. The number of nitrogens with one attached hydrogen (secondary N) is 1. The Hall–Kier alpha value is -2.95. The quantitative estimate of drug-likeness (QED) is 0.709. The van der Waals surface area contributed by atoms with Crippen molar-refractivity contribution in [2.75, 3.05) is 5.32 Å². The molecule has 0 atom stereocenters. The number of carbonyl (C=O) groups is 1. The number of aromatic hydroxyl groups is 1. The smallest absolute Gasteiger partial charge is 0.255 e. The van der Waals surface area contributed by atoms with Crippen LogP contribution in [0.25, 0.3) is 10.9 Å². The van der Waals surface area contributed by atoms with E-state index in [4.69, 9.17) is 0 Å². The van der Waals surface area contributed by atoms with Crippen LogP contribution < -0.4 is 5.32 Å². The van der Waals surface area contributed by atoms with E-state index in [1.807, 2.05) is 18.2 Å². The summed E-state index contributed by atoms with van der Waals surface area (Å²) in [4.78, 5) is 15.8. The van der Waals surface area contributed by atoms with Crippen molar-refractivity contribution in [3.8, 4) is 5.75 Å². The number of fused-ring (bicyclic) bond motifs is 1. The van der Waals surface area contributed by atoms with E-state index in [-0.39, 0.29) is 5.91 Å². The molecule has 0 saturated heterocycles. The van der Waals surface area contributed by atoms with Gasteiger partial charge in [0.25, 0.3) is 11.9 Å². The summed E-state index contributed by atoms with van der Waals surface area (Å²) < 4.78 is 13.2. The predicted molar refractivity (Wildman–Crippen MR) is 77.8 cm³/mol. The fourth-order valence-corrected chi connectivity index (χ4v) is 2.01. The Morgan fingerprint density at radius 2 is 1.86 bits per heavy atom. The lowest BCUT2D eigenvalue weighted by Gasteiger charge is -2.06. The first-order valence-electron chi connectivity index (χ1n) is 6.29. The standard InChI is InChI=1S/C16H11FN2O2/c17-15-14(20)9-11-8-10(6-7-13(11)19-15)16(21)18-12-4-2-1-3-5-12/h1-9,20H,(H,18,21). The van der Waals surface area contributed by atoms with E-state index in [2.05, 4.69) is 10.3 Å². The summed E-state index contributed by atoms with van der Waals surface area (Å²) in [6, 6.07) is 15.0. The first-order chi connectivity index (χ1) is 10.1. The molecule has 0 spiro atoms. The first kappa shape index (κ1) is 13.1. The van der Waals surface area contributed by atoms with Crippen LogP contribution in [-0.2, 0) is 0 Å². The summed E-state index contributed by atoms with van der Waals surface area (Å²) in [5.74, 6) is -1.75. The zero-order chi connectivity index (χ0) is 14.8. The Balaban J connectivity index is 1.93. The molecule has 2 aromatic carbocycles. The average Bonchev–Trinajstić information content (AvgIpc) is 2.49. The minimum absolute atomic E-state index is 0.285. The molecule has 1 aromatic heterocycles. The number of pyridine rings is 1. The third-order valence-corrected chi connectivity index (χ3v) is 3.04. The van der Waals surface area contributed by atoms with Crippen LogP contribution in [0, 0.1) is 5.95 Å². The fourth-order valence-electron chi connectivity index (χ4n) is 2.01. The summed E-state index contributed by atoms with van der Waals surface area (Å²) in [7, 11) is 0. The molecule has 0 fully saturated rings. The van der Waals surface area contributed by atoms with Crippen LogP contribution in [0.3, 0.4) is 0 Å². The van der Waals surface area contributed by atoms with Crippen molar-refractivity contribution >= 4 is 22.5 Å². The number of halogens is 1. The van der Waals surface area contributed by atoms with Crippen molar-refractivity contribution in [2.45, 2.75) is 0 Å². The molecule has 3 rings (SSSR count). The number of hydrogen-bond acceptors (Lipinski definition) is 3. The van der Waals surface area contributed by atoms with E-state index in [1.165, 1.54) is 12.1 Å². The molecular weight excluding hydrogens is 271 g/mol. The van der Waals surface area contributed by atoms with Crippen molar-refractivity contribution in [1.82, 2.24) is 4.98 Å². The molecule has 1 heterocycles. The summed E-state index contributed by atoms with van der Waals surface area (Å²) >= 11 is 0. The zero-order valence-electron chi connectivity index (χ0n) is 10.9. The van der Waals surface area contributed by atoms with Gasteiger partial charge in [-0.05, 0) is 36.4 Å². The van der Waals surface area contributed by atoms with E-state index >= 15 is 0 Å². The second-order valence-corrected chi connectivity index (χ2v) is 4.53. The summed E-state index contributed by atoms with van der Waals surface area (Å²) in [5, 5.41) is 12.6. The molecule has 4 nitrogen and oxygen atoms in total. The molecule has 2 N–H and O–H groups in total. The van der Waals surface area contributed by atoms with Gasteiger partial charge in [-0.2, -0.15) is 4.39 Å². The van der Waals surface area contributed by atoms with Gasteiger partial charge in [-0.15, -0.1) is 0 Å². The third-order valence-electron chi connectivity index (χ3n) is 3.04. The molecule has 0 aliphatic rings. The van der Waals surface area contributed by atoms with Gasteiger partial charge in [0.05, 0.1) is 5.52 Å². The number of aromatic nitrogens is 1. The summed E-state index contributed by atoms with van der Waals surface area (Å²) in [5.41, 5.74) is 1.46. The lowest BCUT2D eigenvalue weighted by Crippen LogP contribution is -2.11. The molecule has 0 aliphatic heterocycles. The number of amides is 1. The van der Waals surface area contributed by atoms with E-state index < -0.39 is 11.7 Å². The van der Waals surface area contributed by atoms with Gasteiger partial charge in [-0.1, -0.05) is 18.2 Å². The molecule has 5 heteroatoms. The Morgan fingerprint density at radius 1 is 1.10 bits per heavy atom. The first-order valence-corrected chi connectivity index (χ1v) is 6.29. The van der Waals surface area contributed by atoms with Crippen LogP contribution in [0.15, 0.2) is 54.6 Å². The number of para-hydroxylation sites is 1. The molecule has 0 aliphatic carbocycles. The van der Waals surface area contributed by atoms with Gasteiger partial charge >= 0.3 is 0 Å². The summed E-state index contributed by atoms with van der Waals surface area (Å²) in [6.45, 7) is 0. The van der Waals surface area contributed by atoms with Crippen LogP contribution in [0.2, 0.25) is 0 Å². The van der Waals surface area contributed by atoms with Crippen LogP contribution in [0.1, 0.15) is 10.4 Å². The van der Waals surface area contributed by atoms with E-state index in [0.717, 1.165) is 0 Å². The van der Waals surface area contributed by atoms with Crippen molar-refractivity contribution < 1.29 is 14.3 Å². The zero-order valence-corrected chi connectivity index (χ0v) is 10.9. The SMILES string of the molecule is O=C(Nc1ccccc1)c1ccc2nc(F)c(O)cc2c1. The fraction of sp³-hybridized carbons (Fsp3) is 0. The monoisotopic (exact) mass is 282 g/mol. The molecule has 1 amide bonds. The third kappa shape index (κ3) is 2.67. The second-order valence-electron chi connectivity index (χ2n) is 4.53. The molecule has 3 aromatic rings. The maximum absolute atomic E-state index is 13.2. The Kier molecular flexibility index (Phi) is 3.23. The van der Waals surface area contributed by atoms with E-state index in [1.54, 1.807) is 24.3 Å². The Morgan fingerprint density at radius 3 is 2.62 bits per heavy atom. The number of anilines is 1. The number of hydrogen-bond donors (Lipinski definition) is 2. The van der Waals surface area contributed by atoms with Crippen molar-refractivity contribution in [1.29, 1.82) is 0 Å². The van der Waals surface area contributed by atoms with Gasteiger partial charge < -0.3 is 10.4 Å². The van der Waals surface area contributed by atoms with Gasteiger partial charge in [0.2, 0.25) is 0 Å². The maximum Gasteiger partial charge on any atom is 0.255 e. The average molecular weight is 282 g/mol. The molecule has 0 radical (unpaired) electrons. The van der Waals surface area contributed by atoms with Crippen LogP contribution in [0.4, 0.5) is 10.1 Å². The highest BCUT2D eigenvalue weighted by molar-refractivity contribution is 6.06. The van der Waals surface area contributed by atoms with E-state index in [9.17, 15) is 14.3 Å². The van der Waals surface area contributed by atoms with Crippen molar-refractivity contribution in [2.24, 2.45) is 0 Å². The summed E-state index contributed by atoms with van der Waals surface area (Å²) in [6.07, 6.45) is 0. The molecule has 104 valence electrons. The normalized spacial score (nSPS) is 10.5. The molecule has 21 heavy (non-hydrogen) atoms. The largest absolute Gasteiger partial charge is 0.504 e. The van der Waals surface area contributed by atoms with Crippen molar-refractivity contribution in [3.05, 3.63) is 66.1 Å². The van der Waals surface area contributed by atoms with Gasteiger partial charge in [-0.25, -0.2) is 4.98 Å². The maximum atomic E-state index is 13.2. The number of rotatable bonds is 2. The van der Waals surface area contributed by atoms with Gasteiger partial charge in [0, 0.05) is 16.6 Å². The van der Waals surface area contributed by atoms with Gasteiger partial charge in [0.1, 0.15) is 0 Å². The number of benzene rings is 2. The number of nitrogens with zero attached hydrogens (tertiary/aromatic N) is 1. The van der Waals surface area contributed by atoms with Gasteiger partial charge in [0.15, 0.2) is 5.75 Å². The highest BCUT2D eigenvalue weighted by Crippen LogP contribution is 2.22. The van der Waals surface area contributed by atoms with Crippen LogP contribution >= 0.6 is 0 Å². The Bertz CT molecular complexity index is 819. The molecular formula is C16H11FN2O2. The van der Waals surface area contributed by atoms with E-state index in [0.29, 0.717) is 22.2 Å². The minimum atomic E-state index is -0.927. The predicted octanol–water partition coefficient (Wildman–Crippen LogP) is 3.33. The van der Waals surface area contributed by atoms with Gasteiger partial charge in [-0.3, -0.25) is 4.79 Å². The second kappa shape index (κ2) is 5.20. The van der Waals surface area contributed by atoms with Crippen LogP contribution in [-0.4, -0.2) is 16.0 Å². The highest BCUT2D eigenvalue weighted by Gasteiger charge is 2.10. The minimum Gasteiger partial charge on any atom is -0.504 e. The topological polar surface area (TPSA) is 62.2 Å². The Labute approximate surface area is 119 Å². The molecule has 0 unspecified atom stereocenters. The van der Waals surface area contributed by atoms with Crippen LogP contribution in [0.5, 0.6) is 5.75 Å². The number of carbonyl (C=O) groups excluding carboxylic acids is 1. The molecule has 0 saturated carbocycles. The molecule has 0 bridgehead atoms.